The van der Waals surface area contributed by atoms with E-state index >= 15 is 0 Å². The van der Waals surface area contributed by atoms with Gasteiger partial charge in [0.2, 0.25) is 0 Å². The van der Waals surface area contributed by atoms with E-state index in [0.717, 1.165) is 0 Å². The second kappa shape index (κ2) is 9.85. The molecule has 0 radical (unpaired) electrons. The van der Waals surface area contributed by atoms with Crippen molar-refractivity contribution in [2.24, 2.45) is 0 Å². The quantitative estimate of drug-likeness (QED) is 0.197. The lowest BCUT2D eigenvalue weighted by molar-refractivity contribution is 0.402. The number of hydrogen-bond acceptors (Lipinski definition) is 1. The van der Waals surface area contributed by atoms with Gasteiger partial charge in [0.1, 0.15) is 0 Å². The molecule has 7 aromatic carbocycles. The van der Waals surface area contributed by atoms with Crippen LogP contribution in [-0.2, 0) is 0 Å². The fourth-order valence-electron chi connectivity index (χ4n) is 8.20. The molecule has 206 valence electrons. The molecule has 0 N–H and O–H groups in total. The van der Waals surface area contributed by atoms with Gasteiger partial charge in [0.05, 0.1) is 0 Å². The predicted octanol–water partition coefficient (Wildman–Crippen LogP) is 11.7. The smallest absolute Gasteiger partial charge is 0.0450 e. The first-order valence-electron chi connectivity index (χ1n) is 15.8. The highest BCUT2D eigenvalue weighted by Crippen LogP contribution is 2.53. The summed E-state index contributed by atoms with van der Waals surface area (Å²) in [6, 6.07) is 52.6. The Bertz CT molecular complexity index is 2100. The number of fused-ring (bicyclic) bond motifs is 6. The molecule has 7 aromatic rings. The van der Waals surface area contributed by atoms with Crippen LogP contribution in [0.25, 0.3) is 54.6 Å². The zero-order valence-electron chi connectivity index (χ0n) is 24.2. The molecule has 1 saturated carbocycles. The molecular formula is C42H33N. The van der Waals surface area contributed by atoms with Gasteiger partial charge in [-0.05, 0) is 103 Å². The van der Waals surface area contributed by atoms with Crippen LogP contribution < -0.4 is 4.90 Å². The average molecular weight is 552 g/mol. The van der Waals surface area contributed by atoms with Crippen LogP contribution in [0.5, 0.6) is 0 Å². The van der Waals surface area contributed by atoms with E-state index in [1.807, 2.05) is 0 Å². The Morgan fingerprint density at radius 3 is 1.72 bits per heavy atom. The lowest BCUT2D eigenvalue weighted by atomic mass is 9.81. The minimum atomic E-state index is 0.546. The van der Waals surface area contributed by atoms with Crippen molar-refractivity contribution in [1.29, 1.82) is 0 Å². The molecule has 2 aliphatic rings. The minimum absolute atomic E-state index is 0.546. The van der Waals surface area contributed by atoms with Crippen molar-refractivity contribution in [1.82, 2.24) is 0 Å². The normalized spacial score (nSPS) is 17.8. The highest BCUT2D eigenvalue weighted by atomic mass is 15.2. The van der Waals surface area contributed by atoms with Crippen molar-refractivity contribution in [3.05, 3.63) is 145 Å². The van der Waals surface area contributed by atoms with Crippen LogP contribution in [0, 0.1) is 0 Å². The number of benzene rings is 7. The Hall–Kier alpha value is -4.88. The molecule has 1 nitrogen and oxygen atoms in total. The summed E-state index contributed by atoms with van der Waals surface area (Å²) in [5.74, 6) is 0.582. The molecule has 2 atom stereocenters. The summed E-state index contributed by atoms with van der Waals surface area (Å²) < 4.78 is 0. The van der Waals surface area contributed by atoms with Gasteiger partial charge in [-0.3, -0.25) is 0 Å². The molecule has 1 aliphatic heterocycles. The molecule has 0 amide bonds. The summed E-state index contributed by atoms with van der Waals surface area (Å²) in [4.78, 5) is 2.64. The molecule has 2 unspecified atom stereocenters. The van der Waals surface area contributed by atoms with E-state index in [1.165, 1.54) is 97.2 Å². The number of rotatable bonds is 3. The molecule has 1 fully saturated rings. The fourth-order valence-corrected chi connectivity index (χ4v) is 8.20. The van der Waals surface area contributed by atoms with E-state index in [0.29, 0.717) is 12.0 Å². The van der Waals surface area contributed by atoms with E-state index in [9.17, 15) is 0 Å². The predicted molar refractivity (Wildman–Crippen MR) is 183 cm³/mol. The third kappa shape index (κ3) is 3.85. The molecule has 1 aliphatic carbocycles. The lowest BCUT2D eigenvalue weighted by Gasteiger charge is -2.33. The Labute approximate surface area is 253 Å². The molecule has 1 heteroatoms. The summed E-state index contributed by atoms with van der Waals surface area (Å²) in [7, 11) is 0. The van der Waals surface area contributed by atoms with E-state index in [4.69, 9.17) is 0 Å². The van der Waals surface area contributed by atoms with Crippen molar-refractivity contribution in [3.63, 3.8) is 0 Å². The fraction of sp³-hybridized carbons (Fsp3) is 0.143. The second-order valence-electron chi connectivity index (χ2n) is 12.3. The molecule has 0 bridgehead atoms. The van der Waals surface area contributed by atoms with Crippen molar-refractivity contribution in [3.8, 4) is 22.3 Å². The van der Waals surface area contributed by atoms with Gasteiger partial charge in [-0.15, -0.1) is 0 Å². The topological polar surface area (TPSA) is 3.24 Å². The lowest BCUT2D eigenvalue weighted by Crippen LogP contribution is -2.32. The maximum Gasteiger partial charge on any atom is 0.0450 e. The van der Waals surface area contributed by atoms with Gasteiger partial charge < -0.3 is 4.90 Å². The van der Waals surface area contributed by atoms with Crippen LogP contribution in [0.4, 0.5) is 11.4 Å². The molecular weight excluding hydrogens is 518 g/mol. The first kappa shape index (κ1) is 24.7. The molecule has 0 aromatic heterocycles. The number of nitrogens with zero attached hydrogens (tertiary/aromatic N) is 1. The van der Waals surface area contributed by atoms with Crippen LogP contribution in [0.3, 0.4) is 0 Å². The minimum Gasteiger partial charge on any atom is -0.338 e. The summed E-state index contributed by atoms with van der Waals surface area (Å²) >= 11 is 0. The van der Waals surface area contributed by atoms with Crippen molar-refractivity contribution in [2.75, 3.05) is 4.90 Å². The molecule has 1 heterocycles. The highest BCUT2D eigenvalue weighted by molar-refractivity contribution is 6.21. The molecule has 9 rings (SSSR count). The molecule has 0 saturated heterocycles. The summed E-state index contributed by atoms with van der Waals surface area (Å²) in [6.45, 7) is 0. The zero-order valence-corrected chi connectivity index (χ0v) is 24.2. The van der Waals surface area contributed by atoms with Crippen molar-refractivity contribution >= 4 is 43.7 Å². The average Bonchev–Trinajstić information content (AvgIpc) is 3.41. The Morgan fingerprint density at radius 2 is 1.02 bits per heavy atom. The zero-order chi connectivity index (χ0) is 28.3. The van der Waals surface area contributed by atoms with Gasteiger partial charge in [0, 0.05) is 23.3 Å². The van der Waals surface area contributed by atoms with E-state index in [-0.39, 0.29) is 0 Å². The van der Waals surface area contributed by atoms with Crippen LogP contribution >= 0.6 is 0 Å². The SMILES string of the molecule is c1ccc(N2c3ccc(-c4c5ccccc5c(-c5ccc6ccccc6c5)c5ccccc45)cc3C3CCCCC32)cc1. The van der Waals surface area contributed by atoms with E-state index in [2.05, 4.69) is 144 Å². The highest BCUT2D eigenvalue weighted by Gasteiger charge is 2.40. The first-order valence-corrected chi connectivity index (χ1v) is 15.8. The van der Waals surface area contributed by atoms with Crippen LogP contribution in [-0.4, -0.2) is 6.04 Å². The monoisotopic (exact) mass is 551 g/mol. The van der Waals surface area contributed by atoms with Gasteiger partial charge in [-0.1, -0.05) is 122 Å². The van der Waals surface area contributed by atoms with Crippen molar-refractivity contribution in [2.45, 2.75) is 37.6 Å². The molecule has 0 spiro atoms. The Balaban J connectivity index is 1.29. The van der Waals surface area contributed by atoms with Crippen molar-refractivity contribution < 1.29 is 0 Å². The van der Waals surface area contributed by atoms with Gasteiger partial charge in [-0.2, -0.15) is 0 Å². The number of hydrogen-bond donors (Lipinski definition) is 0. The summed E-state index contributed by atoms with van der Waals surface area (Å²) in [5.41, 5.74) is 9.52. The third-order valence-electron chi connectivity index (χ3n) is 10.0. The first-order chi connectivity index (χ1) is 21.3. The van der Waals surface area contributed by atoms with Crippen LogP contribution in [0.1, 0.15) is 37.2 Å². The van der Waals surface area contributed by atoms with Crippen LogP contribution in [0.2, 0.25) is 0 Å². The van der Waals surface area contributed by atoms with E-state index < -0.39 is 0 Å². The van der Waals surface area contributed by atoms with Gasteiger partial charge in [0.25, 0.3) is 0 Å². The van der Waals surface area contributed by atoms with Gasteiger partial charge in [0.15, 0.2) is 0 Å². The summed E-state index contributed by atoms with van der Waals surface area (Å²) in [5, 5.41) is 7.83. The third-order valence-corrected chi connectivity index (χ3v) is 10.0. The Kier molecular flexibility index (Phi) is 5.66. The van der Waals surface area contributed by atoms with Gasteiger partial charge >= 0.3 is 0 Å². The van der Waals surface area contributed by atoms with E-state index in [1.54, 1.807) is 0 Å². The number of anilines is 2. The van der Waals surface area contributed by atoms with Gasteiger partial charge in [-0.25, -0.2) is 0 Å². The maximum absolute atomic E-state index is 2.64. The second-order valence-corrected chi connectivity index (χ2v) is 12.3. The Morgan fingerprint density at radius 1 is 0.465 bits per heavy atom. The standard InChI is InChI=1S/C42H33N/c1-2-14-32(15-3-1)43-39-21-11-10-16-33(39)38-27-31(24-25-40(38)43)42-36-19-8-6-17-34(36)41(35-18-7-9-20-37(35)42)30-23-22-28-12-4-5-13-29(28)26-30/h1-9,12-15,17-20,22-27,33,39H,10-11,16,21H2. The summed E-state index contributed by atoms with van der Waals surface area (Å²) in [6.07, 6.45) is 5.17. The number of para-hydroxylation sites is 1. The largest absolute Gasteiger partial charge is 0.338 e. The van der Waals surface area contributed by atoms with Crippen LogP contribution in [0.15, 0.2) is 140 Å². The molecule has 43 heavy (non-hydrogen) atoms. The maximum atomic E-state index is 2.64.